The molecule has 1 heterocycles. The summed E-state index contributed by atoms with van der Waals surface area (Å²) in [5.74, 6) is -1.50. The minimum absolute atomic E-state index is 0.0676. The van der Waals surface area contributed by atoms with E-state index in [4.69, 9.17) is 4.99 Å². The number of anilines is 1. The minimum atomic E-state index is -1.47. The Balaban J connectivity index is 1.51. The molecule has 42 heavy (non-hydrogen) atoms. The van der Waals surface area contributed by atoms with Crippen molar-refractivity contribution in [2.24, 2.45) is 4.99 Å². The summed E-state index contributed by atoms with van der Waals surface area (Å²) in [5, 5.41) is 13.7. The lowest BCUT2D eigenvalue weighted by atomic mass is 9.81. The number of likely N-dealkylation sites (tertiary alicyclic amines) is 1. The van der Waals surface area contributed by atoms with Gasteiger partial charge in [0, 0.05) is 23.6 Å². The van der Waals surface area contributed by atoms with Gasteiger partial charge < -0.3 is 10.4 Å². The van der Waals surface area contributed by atoms with E-state index in [1.165, 1.54) is 5.56 Å². The summed E-state index contributed by atoms with van der Waals surface area (Å²) in [4.78, 5) is 33.8. The van der Waals surface area contributed by atoms with Gasteiger partial charge in [0.2, 0.25) is 5.91 Å². The molecule has 6 heteroatoms. The second-order valence-corrected chi connectivity index (χ2v) is 11.1. The fraction of sp³-hybridized carbons (Fsp3) is 0.250. The Bertz CT molecular complexity index is 1540. The molecule has 1 fully saturated rings. The van der Waals surface area contributed by atoms with Crippen molar-refractivity contribution < 1.29 is 14.7 Å². The van der Waals surface area contributed by atoms with Crippen LogP contribution in [0.5, 0.6) is 0 Å². The molecule has 1 aliphatic rings. The summed E-state index contributed by atoms with van der Waals surface area (Å²) >= 11 is 0. The van der Waals surface area contributed by atoms with E-state index in [1.807, 2.05) is 110 Å². The van der Waals surface area contributed by atoms with Crippen LogP contribution in [0, 0.1) is 0 Å². The first-order chi connectivity index (χ1) is 20.4. The zero-order valence-corrected chi connectivity index (χ0v) is 24.1. The van der Waals surface area contributed by atoms with Gasteiger partial charge in [-0.05, 0) is 43.5 Å². The highest BCUT2D eigenvalue weighted by atomic mass is 16.4. The van der Waals surface area contributed by atoms with E-state index in [2.05, 4.69) is 22.3 Å². The third kappa shape index (κ3) is 6.34. The predicted molar refractivity (Wildman–Crippen MR) is 168 cm³/mol. The number of carbonyl (C=O) groups excluding carboxylic acids is 1. The molecule has 5 rings (SSSR count). The van der Waals surface area contributed by atoms with Gasteiger partial charge in [-0.3, -0.25) is 14.7 Å². The highest BCUT2D eigenvalue weighted by Crippen LogP contribution is 2.34. The molecule has 2 N–H and O–H groups in total. The molecule has 0 bridgehead atoms. The van der Waals surface area contributed by atoms with Crippen LogP contribution in [0.1, 0.15) is 54.9 Å². The number of aliphatic imine (C=N–C) groups is 1. The lowest BCUT2D eigenvalue weighted by Crippen LogP contribution is -2.40. The van der Waals surface area contributed by atoms with Crippen LogP contribution in [0.3, 0.4) is 0 Å². The Morgan fingerprint density at radius 1 is 0.905 bits per heavy atom. The van der Waals surface area contributed by atoms with E-state index in [-0.39, 0.29) is 11.9 Å². The smallest absolute Gasteiger partial charge is 0.331 e. The van der Waals surface area contributed by atoms with Gasteiger partial charge in [0.1, 0.15) is 0 Å². The van der Waals surface area contributed by atoms with Crippen molar-refractivity contribution in [2.45, 2.75) is 50.7 Å². The summed E-state index contributed by atoms with van der Waals surface area (Å²) in [6, 6.07) is 36.6. The number of carboxylic acids is 1. The zero-order chi connectivity index (χ0) is 29.5. The molecule has 0 spiro atoms. The number of para-hydroxylation sites is 1. The van der Waals surface area contributed by atoms with Crippen molar-refractivity contribution in [3.8, 4) is 0 Å². The molecule has 1 aliphatic heterocycles. The van der Waals surface area contributed by atoms with Gasteiger partial charge in [-0.1, -0.05) is 116 Å². The molecule has 214 valence electrons. The maximum Gasteiger partial charge on any atom is 0.331 e. The number of carbonyl (C=O) groups is 2. The standard InChI is InChI=1S/C36H37N3O3/c1-26(28-17-8-4-9-18-28)36(2,35(41)42)38-33(29-19-10-5-11-20-29)30-21-12-13-22-31(30)37-34(40)32-23-14-24-39(32)25-27-15-6-3-7-16-27/h3-13,15-22,26,32H,14,23-25H2,1-2H3,(H,37,40)(H,41,42)/t26-,32-,36-/m0/s1. The van der Waals surface area contributed by atoms with E-state index in [0.29, 0.717) is 23.5 Å². The molecular formula is C36H37N3O3. The third-order valence-electron chi connectivity index (χ3n) is 8.30. The van der Waals surface area contributed by atoms with Crippen LogP contribution in [0.2, 0.25) is 0 Å². The highest BCUT2D eigenvalue weighted by Gasteiger charge is 2.40. The summed E-state index contributed by atoms with van der Waals surface area (Å²) in [6.45, 7) is 5.13. The second-order valence-electron chi connectivity index (χ2n) is 11.1. The number of rotatable bonds is 10. The molecular weight excluding hydrogens is 522 g/mol. The Labute approximate surface area is 247 Å². The fourth-order valence-electron chi connectivity index (χ4n) is 5.65. The molecule has 4 aromatic carbocycles. The monoisotopic (exact) mass is 559 g/mol. The van der Waals surface area contributed by atoms with E-state index in [0.717, 1.165) is 30.5 Å². The molecule has 0 saturated carbocycles. The third-order valence-corrected chi connectivity index (χ3v) is 8.30. The number of benzene rings is 4. The maximum absolute atomic E-state index is 13.7. The average Bonchev–Trinajstić information content (AvgIpc) is 3.49. The molecule has 1 amide bonds. The van der Waals surface area contributed by atoms with Crippen molar-refractivity contribution in [1.82, 2.24) is 4.90 Å². The van der Waals surface area contributed by atoms with Crippen LogP contribution < -0.4 is 5.32 Å². The van der Waals surface area contributed by atoms with Crippen molar-refractivity contribution in [3.05, 3.63) is 138 Å². The fourth-order valence-corrected chi connectivity index (χ4v) is 5.65. The van der Waals surface area contributed by atoms with Crippen LogP contribution in [-0.2, 0) is 16.1 Å². The molecule has 0 radical (unpaired) electrons. The zero-order valence-electron chi connectivity index (χ0n) is 24.1. The van der Waals surface area contributed by atoms with Crippen LogP contribution in [0.15, 0.2) is 120 Å². The Hall–Kier alpha value is -4.55. The maximum atomic E-state index is 13.7. The number of aliphatic carboxylic acids is 1. The van der Waals surface area contributed by atoms with Gasteiger partial charge >= 0.3 is 5.97 Å². The molecule has 3 atom stereocenters. The second kappa shape index (κ2) is 13.0. The van der Waals surface area contributed by atoms with E-state index < -0.39 is 17.4 Å². The van der Waals surface area contributed by atoms with Gasteiger partial charge in [-0.2, -0.15) is 0 Å². The normalized spacial score (nSPS) is 17.8. The van der Waals surface area contributed by atoms with Crippen LogP contribution in [0.25, 0.3) is 0 Å². The van der Waals surface area contributed by atoms with E-state index >= 15 is 0 Å². The van der Waals surface area contributed by atoms with Crippen LogP contribution >= 0.6 is 0 Å². The van der Waals surface area contributed by atoms with Crippen LogP contribution in [0.4, 0.5) is 5.69 Å². The SMILES string of the molecule is C[C@@H](c1ccccc1)[C@](C)(N=C(c1ccccc1)c1ccccc1NC(=O)[C@@H]1CCCN1Cc1ccccc1)C(=O)O. The first-order valence-corrected chi connectivity index (χ1v) is 14.5. The number of nitrogens with zero attached hydrogens (tertiary/aromatic N) is 2. The largest absolute Gasteiger partial charge is 0.479 e. The highest BCUT2D eigenvalue weighted by molar-refractivity contribution is 6.18. The molecule has 0 aromatic heterocycles. The molecule has 0 aliphatic carbocycles. The minimum Gasteiger partial charge on any atom is -0.479 e. The lowest BCUT2D eigenvalue weighted by Gasteiger charge is -2.30. The van der Waals surface area contributed by atoms with Gasteiger partial charge in [0.15, 0.2) is 5.54 Å². The van der Waals surface area contributed by atoms with Crippen LogP contribution in [-0.4, -0.2) is 45.7 Å². The number of amides is 1. The Kier molecular flexibility index (Phi) is 8.94. The van der Waals surface area contributed by atoms with Crippen molar-refractivity contribution >= 4 is 23.3 Å². The summed E-state index contributed by atoms with van der Waals surface area (Å²) < 4.78 is 0. The molecule has 1 saturated heterocycles. The predicted octanol–water partition coefficient (Wildman–Crippen LogP) is 6.77. The molecule has 4 aromatic rings. The number of hydrogen-bond donors (Lipinski definition) is 2. The molecule has 6 nitrogen and oxygen atoms in total. The van der Waals surface area contributed by atoms with Crippen molar-refractivity contribution in [2.75, 3.05) is 11.9 Å². The summed E-state index contributed by atoms with van der Waals surface area (Å²) in [7, 11) is 0. The van der Waals surface area contributed by atoms with Gasteiger partial charge in [-0.25, -0.2) is 4.79 Å². The number of nitrogens with one attached hydrogen (secondary N) is 1. The van der Waals surface area contributed by atoms with Crippen molar-refractivity contribution in [3.63, 3.8) is 0 Å². The van der Waals surface area contributed by atoms with Crippen molar-refractivity contribution in [1.29, 1.82) is 0 Å². The Morgan fingerprint density at radius 2 is 1.50 bits per heavy atom. The van der Waals surface area contributed by atoms with Gasteiger partial charge in [-0.15, -0.1) is 0 Å². The summed E-state index contributed by atoms with van der Waals surface area (Å²) in [6.07, 6.45) is 1.74. The van der Waals surface area contributed by atoms with Gasteiger partial charge in [0.05, 0.1) is 17.4 Å². The number of hydrogen-bond acceptors (Lipinski definition) is 4. The number of carboxylic acid groups (broad SMARTS) is 1. The van der Waals surface area contributed by atoms with Gasteiger partial charge in [0.25, 0.3) is 0 Å². The quantitative estimate of drug-likeness (QED) is 0.210. The molecule has 0 unspecified atom stereocenters. The van der Waals surface area contributed by atoms with E-state index in [1.54, 1.807) is 6.92 Å². The summed E-state index contributed by atoms with van der Waals surface area (Å²) in [5.41, 5.74) is 3.18. The lowest BCUT2D eigenvalue weighted by molar-refractivity contribution is -0.143. The first-order valence-electron chi connectivity index (χ1n) is 14.5. The van der Waals surface area contributed by atoms with E-state index in [9.17, 15) is 14.7 Å². The average molecular weight is 560 g/mol. The first kappa shape index (κ1) is 29.0. The topological polar surface area (TPSA) is 82.0 Å². The Morgan fingerprint density at radius 3 is 2.17 bits per heavy atom.